The maximum atomic E-state index is 9.97. The quantitative estimate of drug-likeness (QED) is 0.841. The average molecular weight is 250 g/mol. The molecule has 4 heteroatoms. The highest BCUT2D eigenvalue weighted by Crippen LogP contribution is 2.21. The van der Waals surface area contributed by atoms with E-state index in [1.807, 2.05) is 24.4 Å². The summed E-state index contributed by atoms with van der Waals surface area (Å²) in [6.07, 6.45) is 0.700. The molecule has 0 radical (unpaired) electrons. The van der Waals surface area contributed by atoms with E-state index in [1.54, 1.807) is 11.3 Å². The van der Waals surface area contributed by atoms with Gasteiger partial charge in [0.25, 0.3) is 0 Å². The summed E-state index contributed by atoms with van der Waals surface area (Å²) >= 11 is 1.60. The molecule has 1 aromatic heterocycles. The zero-order valence-corrected chi connectivity index (χ0v) is 11.1. The highest BCUT2D eigenvalue weighted by Gasteiger charge is 2.17. The first-order chi connectivity index (χ1) is 6.65. The average Bonchev–Trinajstić information content (AvgIpc) is 2.69. The molecule has 2 nitrogen and oxygen atoms in total. The number of rotatable bonds is 5. The molecule has 0 spiro atoms. The second-order valence-electron chi connectivity index (χ2n) is 3.72. The molecule has 0 amide bonds. The third-order valence-electron chi connectivity index (χ3n) is 2.47. The number of hydrogen-bond acceptors (Lipinski definition) is 3. The Hall–Kier alpha value is -0.0900. The van der Waals surface area contributed by atoms with Crippen molar-refractivity contribution in [2.75, 3.05) is 0 Å². The van der Waals surface area contributed by atoms with E-state index in [1.165, 1.54) is 0 Å². The highest BCUT2D eigenvalue weighted by molar-refractivity contribution is 7.10. The van der Waals surface area contributed by atoms with Crippen LogP contribution in [0.25, 0.3) is 0 Å². The van der Waals surface area contributed by atoms with Crippen molar-refractivity contribution in [1.82, 2.24) is 5.32 Å². The Morgan fingerprint density at radius 2 is 2.13 bits per heavy atom. The van der Waals surface area contributed by atoms with Crippen molar-refractivity contribution in [3.8, 4) is 0 Å². The molecule has 1 aromatic rings. The minimum Gasteiger partial charge on any atom is -0.386 e. The van der Waals surface area contributed by atoms with Crippen LogP contribution >= 0.6 is 23.7 Å². The molecule has 15 heavy (non-hydrogen) atoms. The SMILES string of the molecule is CCC(C)NC(C)C(O)c1cccs1.Cl. The van der Waals surface area contributed by atoms with E-state index >= 15 is 0 Å². The molecule has 0 aliphatic carbocycles. The lowest BCUT2D eigenvalue weighted by Gasteiger charge is -2.22. The highest BCUT2D eigenvalue weighted by atomic mass is 35.5. The van der Waals surface area contributed by atoms with Crippen LogP contribution in [0.5, 0.6) is 0 Å². The van der Waals surface area contributed by atoms with Crippen molar-refractivity contribution in [2.24, 2.45) is 0 Å². The van der Waals surface area contributed by atoms with Crippen LogP contribution in [0.1, 0.15) is 38.2 Å². The molecule has 3 unspecified atom stereocenters. The van der Waals surface area contributed by atoms with Gasteiger partial charge in [0.2, 0.25) is 0 Å². The van der Waals surface area contributed by atoms with Crippen LogP contribution in [-0.4, -0.2) is 17.2 Å². The van der Waals surface area contributed by atoms with Gasteiger partial charge in [-0.1, -0.05) is 13.0 Å². The molecule has 0 aliphatic rings. The van der Waals surface area contributed by atoms with Crippen LogP contribution in [0.15, 0.2) is 17.5 Å². The lowest BCUT2D eigenvalue weighted by Crippen LogP contribution is -2.37. The standard InChI is InChI=1S/C11H19NOS.ClH/c1-4-8(2)12-9(3)11(13)10-6-5-7-14-10;/h5-9,11-13H,4H2,1-3H3;1H. The summed E-state index contributed by atoms with van der Waals surface area (Å²) < 4.78 is 0. The maximum Gasteiger partial charge on any atom is 0.103 e. The van der Waals surface area contributed by atoms with E-state index in [2.05, 4.69) is 19.2 Å². The van der Waals surface area contributed by atoms with Crippen LogP contribution in [0.2, 0.25) is 0 Å². The summed E-state index contributed by atoms with van der Waals surface area (Å²) in [5.41, 5.74) is 0. The molecular weight excluding hydrogens is 230 g/mol. The van der Waals surface area contributed by atoms with Gasteiger partial charge in [0, 0.05) is 17.0 Å². The fraction of sp³-hybridized carbons (Fsp3) is 0.636. The number of nitrogens with one attached hydrogen (secondary N) is 1. The number of aliphatic hydroxyl groups excluding tert-OH is 1. The van der Waals surface area contributed by atoms with Crippen LogP contribution in [0, 0.1) is 0 Å². The lowest BCUT2D eigenvalue weighted by atomic mass is 10.1. The first-order valence-electron chi connectivity index (χ1n) is 5.12. The van der Waals surface area contributed by atoms with Crippen molar-refractivity contribution in [3.63, 3.8) is 0 Å². The summed E-state index contributed by atoms with van der Waals surface area (Å²) in [7, 11) is 0. The van der Waals surface area contributed by atoms with Crippen molar-refractivity contribution in [1.29, 1.82) is 0 Å². The van der Waals surface area contributed by atoms with Gasteiger partial charge in [-0.2, -0.15) is 0 Å². The first kappa shape index (κ1) is 14.9. The minimum absolute atomic E-state index is 0. The van der Waals surface area contributed by atoms with Crippen LogP contribution in [-0.2, 0) is 0 Å². The molecule has 2 N–H and O–H groups in total. The number of halogens is 1. The van der Waals surface area contributed by atoms with E-state index in [-0.39, 0.29) is 24.6 Å². The molecule has 0 bridgehead atoms. The van der Waals surface area contributed by atoms with E-state index in [0.717, 1.165) is 11.3 Å². The van der Waals surface area contributed by atoms with Gasteiger partial charge in [0.15, 0.2) is 0 Å². The molecular formula is C11H20ClNOS. The summed E-state index contributed by atoms with van der Waals surface area (Å²) in [6, 6.07) is 4.52. The van der Waals surface area contributed by atoms with Gasteiger partial charge in [0.05, 0.1) is 0 Å². The van der Waals surface area contributed by atoms with Crippen molar-refractivity contribution in [2.45, 2.75) is 45.4 Å². The van der Waals surface area contributed by atoms with Crippen molar-refractivity contribution < 1.29 is 5.11 Å². The van der Waals surface area contributed by atoms with Crippen molar-refractivity contribution >= 4 is 23.7 Å². The fourth-order valence-electron chi connectivity index (χ4n) is 1.36. The lowest BCUT2D eigenvalue weighted by molar-refractivity contribution is 0.133. The molecule has 0 aliphatic heterocycles. The van der Waals surface area contributed by atoms with Gasteiger partial charge in [-0.05, 0) is 31.7 Å². The Morgan fingerprint density at radius 1 is 1.47 bits per heavy atom. The number of thiophene rings is 1. The second kappa shape index (κ2) is 7.23. The van der Waals surface area contributed by atoms with E-state index in [4.69, 9.17) is 0 Å². The zero-order valence-electron chi connectivity index (χ0n) is 9.43. The minimum atomic E-state index is -0.385. The maximum absolute atomic E-state index is 9.97. The fourth-order valence-corrected chi connectivity index (χ4v) is 2.18. The second-order valence-corrected chi connectivity index (χ2v) is 4.70. The Balaban J connectivity index is 0.00000196. The topological polar surface area (TPSA) is 32.3 Å². The third-order valence-corrected chi connectivity index (χ3v) is 3.41. The monoisotopic (exact) mass is 249 g/mol. The molecule has 0 saturated heterocycles. The van der Waals surface area contributed by atoms with Gasteiger partial charge in [-0.25, -0.2) is 0 Å². The number of hydrogen-bond donors (Lipinski definition) is 2. The van der Waals surface area contributed by atoms with Gasteiger partial charge in [0.1, 0.15) is 6.10 Å². The van der Waals surface area contributed by atoms with E-state index in [9.17, 15) is 5.11 Å². The Labute approximate surface area is 102 Å². The largest absolute Gasteiger partial charge is 0.386 e. The molecule has 0 saturated carbocycles. The predicted octanol–water partition coefficient (Wildman–Crippen LogP) is 2.98. The Kier molecular flexibility index (Phi) is 7.18. The summed E-state index contributed by atoms with van der Waals surface area (Å²) in [4.78, 5) is 1.04. The number of aliphatic hydroxyl groups is 1. The van der Waals surface area contributed by atoms with Crippen LogP contribution < -0.4 is 5.32 Å². The van der Waals surface area contributed by atoms with Crippen LogP contribution in [0.4, 0.5) is 0 Å². The van der Waals surface area contributed by atoms with Crippen LogP contribution in [0.3, 0.4) is 0 Å². The zero-order chi connectivity index (χ0) is 10.6. The molecule has 88 valence electrons. The molecule has 0 fully saturated rings. The Morgan fingerprint density at radius 3 is 2.60 bits per heavy atom. The van der Waals surface area contributed by atoms with Gasteiger partial charge in [-0.15, -0.1) is 23.7 Å². The van der Waals surface area contributed by atoms with Crippen molar-refractivity contribution in [3.05, 3.63) is 22.4 Å². The molecule has 3 atom stereocenters. The van der Waals surface area contributed by atoms with Gasteiger partial charge < -0.3 is 10.4 Å². The molecule has 1 heterocycles. The normalized spacial score (nSPS) is 16.5. The Bertz CT molecular complexity index is 253. The predicted molar refractivity (Wildman–Crippen MR) is 68.9 cm³/mol. The third kappa shape index (κ3) is 4.51. The van der Waals surface area contributed by atoms with E-state index in [0.29, 0.717) is 6.04 Å². The first-order valence-corrected chi connectivity index (χ1v) is 6.00. The summed E-state index contributed by atoms with van der Waals surface area (Å²) in [5.74, 6) is 0. The molecule has 0 aromatic carbocycles. The van der Waals surface area contributed by atoms with Gasteiger partial charge >= 0.3 is 0 Å². The smallest absolute Gasteiger partial charge is 0.103 e. The molecule has 1 rings (SSSR count). The van der Waals surface area contributed by atoms with Gasteiger partial charge in [-0.3, -0.25) is 0 Å². The summed E-state index contributed by atoms with van der Waals surface area (Å²) in [6.45, 7) is 6.30. The summed E-state index contributed by atoms with van der Waals surface area (Å²) in [5, 5.41) is 15.3. The van der Waals surface area contributed by atoms with E-state index < -0.39 is 0 Å².